The van der Waals surface area contributed by atoms with E-state index in [-0.39, 0.29) is 55.9 Å². The van der Waals surface area contributed by atoms with Crippen LogP contribution in [0.25, 0.3) is 10.8 Å². The molecular formula is C40H53N3O9S. The maximum Gasteiger partial charge on any atom is 0.306 e. The zero-order valence-electron chi connectivity index (χ0n) is 31.0. The first kappa shape index (κ1) is 37.6. The summed E-state index contributed by atoms with van der Waals surface area (Å²) in [5.74, 6) is -1.34. The molecule has 288 valence electrons. The Balaban J connectivity index is 1.22. The molecule has 1 saturated heterocycles. The fraction of sp³-hybridized carbons (Fsp3) is 0.675. The minimum Gasteiger partial charge on any atom is -0.496 e. The lowest BCUT2D eigenvalue weighted by Gasteiger charge is -2.34. The minimum absolute atomic E-state index is 0.0200. The third kappa shape index (κ3) is 8.05. The van der Waals surface area contributed by atoms with Gasteiger partial charge in [0, 0.05) is 29.8 Å². The zero-order valence-corrected chi connectivity index (χ0v) is 31.8. The van der Waals surface area contributed by atoms with Crippen molar-refractivity contribution in [1.29, 1.82) is 0 Å². The summed E-state index contributed by atoms with van der Waals surface area (Å²) in [6.07, 6.45) is 10.9. The van der Waals surface area contributed by atoms with Gasteiger partial charge in [-0.2, -0.15) is 0 Å². The molecule has 0 spiro atoms. The molecule has 1 aromatic heterocycles. The van der Waals surface area contributed by atoms with Gasteiger partial charge in [0.2, 0.25) is 27.7 Å². The lowest BCUT2D eigenvalue weighted by molar-refractivity contribution is -0.152. The number of rotatable bonds is 9. The molecule has 3 saturated carbocycles. The van der Waals surface area contributed by atoms with Crippen molar-refractivity contribution in [2.75, 3.05) is 20.3 Å². The number of hydrogen-bond donors (Lipinski definition) is 1. The van der Waals surface area contributed by atoms with Crippen LogP contribution in [0.1, 0.15) is 109 Å². The molecule has 5 atom stereocenters. The molecule has 2 aromatic rings. The Morgan fingerprint density at radius 3 is 2.53 bits per heavy atom. The number of aromatic nitrogens is 1. The number of nitrogens with one attached hydrogen (secondary N) is 1. The highest BCUT2D eigenvalue weighted by Crippen LogP contribution is 2.58. The van der Waals surface area contributed by atoms with Crippen molar-refractivity contribution in [1.82, 2.24) is 14.6 Å². The van der Waals surface area contributed by atoms with E-state index < -0.39 is 50.6 Å². The second-order valence-electron chi connectivity index (χ2n) is 16.0. The number of ether oxygens (including phenoxy) is 3. The smallest absolute Gasteiger partial charge is 0.306 e. The molecule has 5 aliphatic rings. The summed E-state index contributed by atoms with van der Waals surface area (Å²) in [5.41, 5.74) is -0.0936. The third-order valence-electron chi connectivity index (χ3n) is 12.4. The summed E-state index contributed by atoms with van der Waals surface area (Å²) in [6, 6.07) is 5.03. The molecular weight excluding hydrogens is 699 g/mol. The van der Waals surface area contributed by atoms with Crippen LogP contribution in [-0.4, -0.2) is 79.5 Å². The van der Waals surface area contributed by atoms with Crippen molar-refractivity contribution < 1.29 is 41.8 Å². The number of pyridine rings is 1. The summed E-state index contributed by atoms with van der Waals surface area (Å²) in [7, 11) is -2.18. The van der Waals surface area contributed by atoms with Crippen molar-refractivity contribution >= 4 is 44.4 Å². The van der Waals surface area contributed by atoms with E-state index in [0.29, 0.717) is 43.7 Å². The van der Waals surface area contributed by atoms with E-state index in [9.17, 15) is 27.6 Å². The van der Waals surface area contributed by atoms with E-state index in [1.54, 1.807) is 18.2 Å². The normalized spacial score (nSPS) is 28.8. The number of carbonyl (C=O) groups excluding carboxylic acids is 4. The van der Waals surface area contributed by atoms with E-state index in [4.69, 9.17) is 14.2 Å². The number of fused-ring (bicyclic) bond motifs is 3. The fourth-order valence-electron chi connectivity index (χ4n) is 9.13. The second-order valence-corrected chi connectivity index (χ2v) is 18.0. The summed E-state index contributed by atoms with van der Waals surface area (Å²) in [5, 5.41) is 1.05. The van der Waals surface area contributed by atoms with Crippen molar-refractivity contribution in [2.24, 2.45) is 23.2 Å². The van der Waals surface area contributed by atoms with Crippen LogP contribution in [0.2, 0.25) is 0 Å². The molecule has 4 bridgehead atoms. The van der Waals surface area contributed by atoms with Gasteiger partial charge >= 0.3 is 5.97 Å². The van der Waals surface area contributed by atoms with E-state index in [0.717, 1.165) is 67.7 Å². The van der Waals surface area contributed by atoms with Gasteiger partial charge in [0.15, 0.2) is 5.78 Å². The Hall–Kier alpha value is -3.74. The van der Waals surface area contributed by atoms with Gasteiger partial charge in [0.1, 0.15) is 11.9 Å². The molecule has 0 unspecified atom stereocenters. The minimum atomic E-state index is -3.80. The Labute approximate surface area is 312 Å². The topological polar surface area (TPSA) is 158 Å². The number of sulfonamides is 1. The molecule has 4 fully saturated rings. The number of aryl methyl sites for hydroxylation is 1. The number of nitrogens with zero attached hydrogens (tertiary/aromatic N) is 2. The van der Waals surface area contributed by atoms with Gasteiger partial charge in [-0.25, -0.2) is 13.4 Å². The van der Waals surface area contributed by atoms with Crippen LogP contribution in [0.4, 0.5) is 0 Å². The largest absolute Gasteiger partial charge is 0.496 e. The van der Waals surface area contributed by atoms with Crippen LogP contribution in [0.3, 0.4) is 0 Å². The molecule has 1 aromatic carbocycles. The van der Waals surface area contributed by atoms with Gasteiger partial charge in [0.05, 0.1) is 49.3 Å². The SMILES string of the molecule is CC[C@H]1C[C@]1(CC(=O)[C@@H]1C[C@@H]2CN1C(=O)[C@H](C1CCCCC1)CC(=O)OCCCCCc1cc(OC)c3ccnc(c3c1)O2)C(=O)NS(=O)(=O)C1CC1. The molecule has 1 N–H and O–H groups in total. The standard InChI is InChI=1S/C40H53N3O9S/c1-3-27-22-40(27,39(47)42-53(48,49)29-13-14-29)23-34(44)33-20-28-24-43(33)38(46)31(26-11-7-4-8-12-26)21-36(45)51-17-9-5-6-10-25-18-32-30(35(19-25)50-2)15-16-41-37(32)52-28/h15-16,18-19,26-29,31,33H,3-14,17,20-24H2,1-2H3,(H,42,47)/t27-,28+,31-,33-,40+/m0/s1. The Morgan fingerprint density at radius 2 is 1.81 bits per heavy atom. The predicted molar refractivity (Wildman–Crippen MR) is 197 cm³/mol. The maximum absolute atomic E-state index is 14.8. The Morgan fingerprint density at radius 1 is 1.04 bits per heavy atom. The summed E-state index contributed by atoms with van der Waals surface area (Å²) >= 11 is 0. The van der Waals surface area contributed by atoms with E-state index in [2.05, 4.69) is 15.8 Å². The number of ketones is 1. The van der Waals surface area contributed by atoms with Gasteiger partial charge in [-0.3, -0.25) is 23.9 Å². The molecule has 2 amide bonds. The lowest BCUT2D eigenvalue weighted by Crippen LogP contribution is -2.48. The maximum atomic E-state index is 14.8. The summed E-state index contributed by atoms with van der Waals surface area (Å²) in [4.78, 5) is 62.5. The van der Waals surface area contributed by atoms with Gasteiger partial charge < -0.3 is 19.1 Å². The molecule has 2 aliphatic heterocycles. The van der Waals surface area contributed by atoms with Crippen LogP contribution in [-0.2, 0) is 40.4 Å². The zero-order chi connectivity index (χ0) is 37.3. The number of hydrogen-bond acceptors (Lipinski definition) is 10. The number of carbonyl (C=O) groups is 4. The highest BCUT2D eigenvalue weighted by molar-refractivity contribution is 7.90. The second kappa shape index (κ2) is 15.5. The van der Waals surface area contributed by atoms with E-state index in [1.165, 1.54) is 0 Å². The van der Waals surface area contributed by atoms with Gasteiger partial charge in [-0.15, -0.1) is 0 Å². The third-order valence-corrected chi connectivity index (χ3v) is 14.3. The average Bonchev–Trinajstić information content (AvgIpc) is 4.08. The number of benzene rings is 1. The van der Waals surface area contributed by atoms with Crippen molar-refractivity contribution in [3.63, 3.8) is 0 Å². The summed E-state index contributed by atoms with van der Waals surface area (Å²) < 4.78 is 46.0. The van der Waals surface area contributed by atoms with Crippen molar-refractivity contribution in [3.8, 4) is 11.6 Å². The van der Waals surface area contributed by atoms with Crippen molar-refractivity contribution in [3.05, 3.63) is 30.0 Å². The molecule has 3 heterocycles. The summed E-state index contributed by atoms with van der Waals surface area (Å²) in [6.45, 7) is 2.32. The first-order valence-electron chi connectivity index (χ1n) is 19.7. The quantitative estimate of drug-likeness (QED) is 0.328. The average molecular weight is 752 g/mol. The number of Topliss-reactive ketones (excluding diaryl/α,β-unsaturated/α-hetero) is 1. The van der Waals surface area contributed by atoms with Crippen LogP contribution in [0, 0.1) is 23.2 Å². The monoisotopic (exact) mass is 751 g/mol. The van der Waals surface area contributed by atoms with Crippen LogP contribution >= 0.6 is 0 Å². The number of amides is 2. The molecule has 12 nitrogen and oxygen atoms in total. The van der Waals surface area contributed by atoms with Crippen LogP contribution < -0.4 is 14.2 Å². The predicted octanol–water partition coefficient (Wildman–Crippen LogP) is 5.43. The molecule has 13 heteroatoms. The Kier molecular flexibility index (Phi) is 11.0. The van der Waals surface area contributed by atoms with E-state index >= 15 is 0 Å². The first-order valence-corrected chi connectivity index (χ1v) is 21.2. The molecule has 0 radical (unpaired) electrons. The van der Waals surface area contributed by atoms with Gasteiger partial charge in [-0.05, 0) is 93.4 Å². The van der Waals surface area contributed by atoms with Crippen LogP contribution in [0.15, 0.2) is 24.4 Å². The number of methoxy groups -OCH3 is 1. The Bertz CT molecular complexity index is 1840. The molecule has 53 heavy (non-hydrogen) atoms. The van der Waals surface area contributed by atoms with Gasteiger partial charge in [-0.1, -0.05) is 32.6 Å². The van der Waals surface area contributed by atoms with E-state index in [1.807, 2.05) is 19.1 Å². The molecule has 7 rings (SSSR count). The van der Waals surface area contributed by atoms with Crippen LogP contribution in [0.5, 0.6) is 11.6 Å². The first-order chi connectivity index (χ1) is 25.5. The lowest BCUT2D eigenvalue weighted by atomic mass is 9.77. The highest BCUT2D eigenvalue weighted by Gasteiger charge is 2.61. The highest BCUT2D eigenvalue weighted by atomic mass is 32.2. The molecule has 3 aliphatic carbocycles. The van der Waals surface area contributed by atoms with Crippen molar-refractivity contribution in [2.45, 2.75) is 127 Å². The number of esters is 1. The van der Waals surface area contributed by atoms with Gasteiger partial charge in [0.25, 0.3) is 0 Å². The fourth-order valence-corrected chi connectivity index (χ4v) is 10.5. The number of cyclic esters (lactones) is 1.